The summed E-state index contributed by atoms with van der Waals surface area (Å²) in [6, 6.07) is 11.2. The molecule has 0 spiro atoms. The Bertz CT molecular complexity index is 763. The summed E-state index contributed by atoms with van der Waals surface area (Å²) < 4.78 is 1.73. The van der Waals surface area contributed by atoms with Gasteiger partial charge in [-0.3, -0.25) is 4.79 Å². The number of rotatable bonds is 3. The normalized spacial score (nSPS) is 10.7. The first-order valence-corrected chi connectivity index (χ1v) is 6.47. The minimum Gasteiger partial charge on any atom is -0.352 e. The molecule has 1 amide bonds. The van der Waals surface area contributed by atoms with Crippen LogP contribution in [0.2, 0.25) is 0 Å². The molecule has 0 aliphatic heterocycles. The predicted octanol–water partition coefficient (Wildman–Crippen LogP) is 2.17. The fourth-order valence-electron chi connectivity index (χ4n) is 2.09. The van der Waals surface area contributed by atoms with Crippen LogP contribution >= 0.6 is 0 Å². The van der Waals surface area contributed by atoms with Gasteiger partial charge in [-0.25, -0.2) is 9.67 Å². The minimum absolute atomic E-state index is 0.0845. The van der Waals surface area contributed by atoms with E-state index in [2.05, 4.69) is 15.4 Å². The van der Waals surface area contributed by atoms with Crippen molar-refractivity contribution in [3.05, 3.63) is 54.4 Å². The number of carbonyl (C=O) groups excluding carboxylic acids is 1. The van der Waals surface area contributed by atoms with E-state index in [1.807, 2.05) is 37.3 Å². The van der Waals surface area contributed by atoms with Crippen LogP contribution in [-0.2, 0) is 0 Å². The maximum atomic E-state index is 11.9. The van der Waals surface area contributed by atoms with Gasteiger partial charge in [0.2, 0.25) is 0 Å². The lowest BCUT2D eigenvalue weighted by Crippen LogP contribution is -2.22. The first kappa shape index (κ1) is 12.3. The number of nitrogens with zero attached hydrogens (tertiary/aromatic N) is 3. The van der Waals surface area contributed by atoms with Gasteiger partial charge in [-0.15, -0.1) is 0 Å². The van der Waals surface area contributed by atoms with Crippen LogP contribution in [-0.4, -0.2) is 27.2 Å². The molecular weight excluding hydrogens is 252 g/mol. The first-order chi connectivity index (χ1) is 9.79. The average molecular weight is 266 g/mol. The highest BCUT2D eigenvalue weighted by molar-refractivity contribution is 5.94. The Balaban J connectivity index is 2.06. The molecule has 2 heterocycles. The Kier molecular flexibility index (Phi) is 3.16. The van der Waals surface area contributed by atoms with Crippen molar-refractivity contribution in [1.82, 2.24) is 20.1 Å². The van der Waals surface area contributed by atoms with E-state index in [9.17, 15) is 4.79 Å². The van der Waals surface area contributed by atoms with Crippen LogP contribution in [0.25, 0.3) is 16.7 Å². The third kappa shape index (κ3) is 2.14. The summed E-state index contributed by atoms with van der Waals surface area (Å²) in [5.41, 5.74) is 2.21. The van der Waals surface area contributed by atoms with Crippen LogP contribution in [0.5, 0.6) is 0 Å². The van der Waals surface area contributed by atoms with Crippen LogP contribution in [0, 0.1) is 0 Å². The summed E-state index contributed by atoms with van der Waals surface area (Å²) in [4.78, 5) is 16.2. The van der Waals surface area contributed by atoms with Crippen LogP contribution in [0.3, 0.4) is 0 Å². The van der Waals surface area contributed by atoms with E-state index in [-0.39, 0.29) is 5.91 Å². The topological polar surface area (TPSA) is 59.8 Å². The summed E-state index contributed by atoms with van der Waals surface area (Å²) in [6.07, 6.45) is 3.50. The molecule has 3 rings (SSSR count). The number of benzene rings is 1. The second-order valence-electron chi connectivity index (χ2n) is 4.38. The molecule has 3 aromatic rings. The molecule has 100 valence electrons. The Morgan fingerprint density at radius 3 is 3.05 bits per heavy atom. The van der Waals surface area contributed by atoms with Crippen molar-refractivity contribution in [2.24, 2.45) is 0 Å². The van der Waals surface area contributed by atoms with Gasteiger partial charge in [0.15, 0.2) is 5.65 Å². The SMILES string of the molecule is CCNC(=O)c1cccc(-n2ncc3cccnc32)c1. The summed E-state index contributed by atoms with van der Waals surface area (Å²) in [7, 11) is 0. The lowest BCUT2D eigenvalue weighted by Gasteiger charge is -2.06. The number of hydrogen-bond acceptors (Lipinski definition) is 3. The van der Waals surface area contributed by atoms with E-state index in [1.165, 1.54) is 0 Å². The fraction of sp³-hybridized carbons (Fsp3) is 0.133. The van der Waals surface area contributed by atoms with Crippen LogP contribution < -0.4 is 5.32 Å². The third-order valence-electron chi connectivity index (χ3n) is 3.02. The number of fused-ring (bicyclic) bond motifs is 1. The molecule has 1 aromatic carbocycles. The lowest BCUT2D eigenvalue weighted by atomic mass is 10.2. The Hall–Kier alpha value is -2.69. The van der Waals surface area contributed by atoms with Gasteiger partial charge in [-0.1, -0.05) is 6.07 Å². The number of amides is 1. The monoisotopic (exact) mass is 266 g/mol. The number of aromatic nitrogens is 3. The van der Waals surface area contributed by atoms with Gasteiger partial charge in [0.1, 0.15) is 0 Å². The van der Waals surface area contributed by atoms with Crippen molar-refractivity contribution >= 4 is 16.9 Å². The Morgan fingerprint density at radius 2 is 2.20 bits per heavy atom. The molecule has 0 saturated heterocycles. The molecule has 0 bridgehead atoms. The predicted molar refractivity (Wildman–Crippen MR) is 76.9 cm³/mol. The van der Waals surface area contributed by atoms with Gasteiger partial charge in [0.05, 0.1) is 11.9 Å². The lowest BCUT2D eigenvalue weighted by molar-refractivity contribution is 0.0956. The number of hydrogen-bond donors (Lipinski definition) is 1. The molecule has 0 aliphatic rings. The molecule has 5 nitrogen and oxygen atoms in total. The second kappa shape index (κ2) is 5.13. The molecule has 0 aliphatic carbocycles. The maximum Gasteiger partial charge on any atom is 0.251 e. The van der Waals surface area contributed by atoms with Crippen LogP contribution in [0.4, 0.5) is 0 Å². The van der Waals surface area contributed by atoms with Crippen molar-refractivity contribution in [2.75, 3.05) is 6.54 Å². The number of pyridine rings is 1. The van der Waals surface area contributed by atoms with E-state index in [1.54, 1.807) is 23.1 Å². The largest absolute Gasteiger partial charge is 0.352 e. The third-order valence-corrected chi connectivity index (χ3v) is 3.02. The van der Waals surface area contributed by atoms with Gasteiger partial charge in [0.25, 0.3) is 5.91 Å². The van der Waals surface area contributed by atoms with Crippen molar-refractivity contribution < 1.29 is 4.79 Å². The molecule has 1 N–H and O–H groups in total. The summed E-state index contributed by atoms with van der Waals surface area (Å²) in [6.45, 7) is 2.50. The zero-order valence-electron chi connectivity index (χ0n) is 11.1. The van der Waals surface area contributed by atoms with E-state index < -0.39 is 0 Å². The highest BCUT2D eigenvalue weighted by Crippen LogP contribution is 2.16. The van der Waals surface area contributed by atoms with Gasteiger partial charge in [0, 0.05) is 23.7 Å². The molecule has 0 unspecified atom stereocenters. The first-order valence-electron chi connectivity index (χ1n) is 6.47. The standard InChI is InChI=1S/C15H14N4O/c1-2-16-15(20)11-5-3-7-13(9-11)19-14-12(10-18-19)6-4-8-17-14/h3-10H,2H2,1H3,(H,16,20). The molecule has 0 saturated carbocycles. The molecule has 2 aromatic heterocycles. The second-order valence-corrected chi connectivity index (χ2v) is 4.38. The van der Waals surface area contributed by atoms with Gasteiger partial charge < -0.3 is 5.32 Å². The van der Waals surface area contributed by atoms with E-state index >= 15 is 0 Å². The van der Waals surface area contributed by atoms with Gasteiger partial charge in [-0.2, -0.15) is 5.10 Å². The molecule has 0 atom stereocenters. The molecular formula is C15H14N4O. The average Bonchev–Trinajstić information content (AvgIpc) is 2.91. The summed E-state index contributed by atoms with van der Waals surface area (Å²) >= 11 is 0. The smallest absolute Gasteiger partial charge is 0.251 e. The van der Waals surface area contributed by atoms with Crippen LogP contribution in [0.15, 0.2) is 48.8 Å². The van der Waals surface area contributed by atoms with E-state index in [0.717, 1.165) is 16.7 Å². The van der Waals surface area contributed by atoms with Gasteiger partial charge >= 0.3 is 0 Å². The molecule has 0 fully saturated rings. The number of nitrogens with one attached hydrogen (secondary N) is 1. The highest BCUT2D eigenvalue weighted by atomic mass is 16.1. The Labute approximate surface area is 116 Å². The zero-order valence-corrected chi connectivity index (χ0v) is 11.1. The van der Waals surface area contributed by atoms with E-state index in [4.69, 9.17) is 0 Å². The van der Waals surface area contributed by atoms with Crippen LogP contribution in [0.1, 0.15) is 17.3 Å². The quantitative estimate of drug-likeness (QED) is 0.790. The summed E-state index contributed by atoms with van der Waals surface area (Å²) in [5, 5.41) is 8.09. The molecule has 0 radical (unpaired) electrons. The molecule has 20 heavy (non-hydrogen) atoms. The number of carbonyl (C=O) groups is 1. The van der Waals surface area contributed by atoms with Crippen molar-refractivity contribution in [2.45, 2.75) is 6.92 Å². The minimum atomic E-state index is -0.0845. The zero-order chi connectivity index (χ0) is 13.9. The Morgan fingerprint density at radius 1 is 1.30 bits per heavy atom. The molecule has 5 heteroatoms. The van der Waals surface area contributed by atoms with Crippen molar-refractivity contribution in [3.8, 4) is 5.69 Å². The fourth-order valence-corrected chi connectivity index (χ4v) is 2.09. The van der Waals surface area contributed by atoms with Gasteiger partial charge in [-0.05, 0) is 37.3 Å². The highest BCUT2D eigenvalue weighted by Gasteiger charge is 2.09. The maximum absolute atomic E-state index is 11.9. The summed E-state index contributed by atoms with van der Waals surface area (Å²) in [5.74, 6) is -0.0845. The van der Waals surface area contributed by atoms with E-state index in [0.29, 0.717) is 12.1 Å². The van der Waals surface area contributed by atoms with Crippen molar-refractivity contribution in [3.63, 3.8) is 0 Å². The van der Waals surface area contributed by atoms with Crippen molar-refractivity contribution in [1.29, 1.82) is 0 Å².